The van der Waals surface area contributed by atoms with Crippen LogP contribution in [0.1, 0.15) is 40.0 Å². The number of fused-ring (bicyclic) bond motifs is 5. The topological polar surface area (TPSA) is 94.8 Å². The molecule has 3 fully saturated rings. The molecule has 8 heteroatoms. The summed E-state index contributed by atoms with van der Waals surface area (Å²) in [4.78, 5) is 24.0. The molecule has 29 heavy (non-hydrogen) atoms. The van der Waals surface area contributed by atoms with E-state index in [2.05, 4.69) is 0 Å². The molecule has 0 heterocycles. The van der Waals surface area contributed by atoms with E-state index in [1.54, 1.807) is 13.8 Å². The van der Waals surface area contributed by atoms with Crippen LogP contribution in [0.5, 0.6) is 0 Å². The molecule has 0 aromatic heterocycles. The summed E-state index contributed by atoms with van der Waals surface area (Å²) in [6, 6.07) is 0. The van der Waals surface area contributed by atoms with Crippen LogP contribution in [0.25, 0.3) is 0 Å². The van der Waals surface area contributed by atoms with Crippen LogP contribution in [0.4, 0.5) is 8.78 Å². The Morgan fingerprint density at radius 2 is 1.90 bits per heavy atom. The van der Waals surface area contributed by atoms with Crippen molar-refractivity contribution in [2.75, 3.05) is 0 Å². The highest BCUT2D eigenvalue weighted by Crippen LogP contribution is 2.71. The van der Waals surface area contributed by atoms with Crippen LogP contribution in [-0.2, 0) is 9.59 Å². The maximum absolute atomic E-state index is 16.9. The number of aliphatic hydroxyl groups excluding tert-OH is 1. The molecule has 5 nitrogen and oxygen atoms in total. The predicted molar refractivity (Wildman–Crippen MR) is 101 cm³/mol. The third-order valence-corrected chi connectivity index (χ3v) is 8.89. The van der Waals surface area contributed by atoms with E-state index in [4.69, 9.17) is 11.6 Å². The number of halogens is 3. The molecule has 0 saturated heterocycles. The summed E-state index contributed by atoms with van der Waals surface area (Å²) >= 11 is 5.99. The quantitative estimate of drug-likeness (QED) is 0.594. The number of carboxylic acids is 1. The lowest BCUT2D eigenvalue weighted by Gasteiger charge is -2.62. The smallest absolute Gasteiger partial charge is 0.336 e. The monoisotopic (exact) mass is 430 g/mol. The van der Waals surface area contributed by atoms with Crippen LogP contribution in [0.15, 0.2) is 22.8 Å². The average molecular weight is 431 g/mol. The Kier molecular flexibility index (Phi) is 4.25. The van der Waals surface area contributed by atoms with Gasteiger partial charge in [0.15, 0.2) is 17.1 Å². The molecule has 160 valence electrons. The molecule has 0 radical (unpaired) electrons. The van der Waals surface area contributed by atoms with Crippen LogP contribution in [0.3, 0.4) is 0 Å². The van der Waals surface area contributed by atoms with Crippen LogP contribution in [-0.4, -0.2) is 50.6 Å². The summed E-state index contributed by atoms with van der Waals surface area (Å²) in [5.74, 6) is -4.42. The molecule has 0 aromatic rings. The summed E-state index contributed by atoms with van der Waals surface area (Å²) in [6.07, 6.45) is -1.48. The molecule has 4 aliphatic rings. The van der Waals surface area contributed by atoms with Gasteiger partial charge in [-0.2, -0.15) is 0 Å². The molecule has 4 rings (SSSR count). The standard InChI is InChI=1S/C21H25ClF2O5/c1-9-4-10-11-5-14(23)12-6-15(25)13(22)7-18(12,2)20(11,24)16(26)8-19(10,3)21(9,29)17(27)28/h6-7,9-11,14,16,26,29H,4-5,8H2,1-3H3,(H,27,28)/t9-,10+,11+,14+,16+,18+,19+,20+,21+/m1/s1. The highest BCUT2D eigenvalue weighted by atomic mass is 35.5. The number of aliphatic hydroxyl groups is 2. The van der Waals surface area contributed by atoms with Crippen molar-refractivity contribution in [2.45, 2.75) is 63.6 Å². The second kappa shape index (κ2) is 5.89. The number of carbonyl (C=O) groups excluding carboxylic acids is 1. The van der Waals surface area contributed by atoms with Gasteiger partial charge in [-0.3, -0.25) is 4.79 Å². The van der Waals surface area contributed by atoms with Gasteiger partial charge in [0, 0.05) is 16.7 Å². The maximum atomic E-state index is 16.9. The molecule has 3 saturated carbocycles. The van der Waals surface area contributed by atoms with E-state index in [0.717, 1.165) is 6.08 Å². The average Bonchev–Trinajstić information content (AvgIpc) is 2.82. The number of allylic oxidation sites excluding steroid dienone is 4. The van der Waals surface area contributed by atoms with Gasteiger partial charge in [0.2, 0.25) is 0 Å². The maximum Gasteiger partial charge on any atom is 0.336 e. The van der Waals surface area contributed by atoms with Crippen LogP contribution >= 0.6 is 11.6 Å². The second-order valence-electron chi connectivity index (χ2n) is 9.69. The van der Waals surface area contributed by atoms with Gasteiger partial charge in [0.1, 0.15) is 6.17 Å². The third kappa shape index (κ3) is 2.16. The van der Waals surface area contributed by atoms with Gasteiger partial charge < -0.3 is 15.3 Å². The first kappa shape index (κ1) is 20.9. The minimum atomic E-state index is -2.35. The van der Waals surface area contributed by atoms with Gasteiger partial charge in [-0.1, -0.05) is 25.4 Å². The minimum Gasteiger partial charge on any atom is -0.479 e. The number of aliphatic carboxylic acids is 1. The molecular weight excluding hydrogens is 406 g/mol. The summed E-state index contributed by atoms with van der Waals surface area (Å²) < 4.78 is 32.1. The number of hydrogen-bond donors (Lipinski definition) is 3. The molecule has 0 spiro atoms. The van der Waals surface area contributed by atoms with E-state index in [9.17, 15) is 24.9 Å². The van der Waals surface area contributed by atoms with E-state index >= 15 is 8.78 Å². The van der Waals surface area contributed by atoms with Gasteiger partial charge in [-0.15, -0.1) is 0 Å². The molecule has 3 N–H and O–H groups in total. The fourth-order valence-electron chi connectivity index (χ4n) is 7.05. The normalized spacial score (nSPS) is 54.1. The van der Waals surface area contributed by atoms with E-state index < -0.39 is 63.9 Å². The molecule has 4 aliphatic carbocycles. The molecule has 0 amide bonds. The van der Waals surface area contributed by atoms with Crippen molar-refractivity contribution in [3.63, 3.8) is 0 Å². The van der Waals surface area contributed by atoms with E-state index in [0.29, 0.717) is 0 Å². The number of alkyl halides is 2. The van der Waals surface area contributed by atoms with Crippen molar-refractivity contribution in [3.05, 3.63) is 22.8 Å². The zero-order valence-corrected chi connectivity index (χ0v) is 17.2. The first-order valence-corrected chi connectivity index (χ1v) is 10.2. The number of carboxylic acid groups (broad SMARTS) is 1. The summed E-state index contributed by atoms with van der Waals surface area (Å²) in [6.45, 7) is 4.56. The number of hydrogen-bond acceptors (Lipinski definition) is 4. The zero-order chi connectivity index (χ0) is 21.7. The van der Waals surface area contributed by atoms with Crippen molar-refractivity contribution >= 4 is 23.4 Å². The van der Waals surface area contributed by atoms with Crippen molar-refractivity contribution < 1.29 is 33.7 Å². The Bertz CT molecular complexity index is 873. The van der Waals surface area contributed by atoms with Gasteiger partial charge in [-0.25, -0.2) is 13.6 Å². The van der Waals surface area contributed by atoms with Gasteiger partial charge in [0.05, 0.1) is 11.1 Å². The van der Waals surface area contributed by atoms with Gasteiger partial charge >= 0.3 is 5.97 Å². The van der Waals surface area contributed by atoms with E-state index in [1.807, 2.05) is 0 Å². The van der Waals surface area contributed by atoms with E-state index in [-0.39, 0.29) is 29.9 Å². The lowest BCUT2D eigenvalue weighted by molar-refractivity contribution is -0.229. The molecule has 9 atom stereocenters. The first-order valence-electron chi connectivity index (χ1n) is 9.86. The second-order valence-corrected chi connectivity index (χ2v) is 10.1. The first-order chi connectivity index (χ1) is 13.2. The summed E-state index contributed by atoms with van der Waals surface area (Å²) in [7, 11) is 0. The van der Waals surface area contributed by atoms with Crippen LogP contribution < -0.4 is 0 Å². The largest absolute Gasteiger partial charge is 0.479 e. The zero-order valence-electron chi connectivity index (χ0n) is 16.5. The van der Waals surface area contributed by atoms with E-state index in [1.165, 1.54) is 13.0 Å². The highest BCUT2D eigenvalue weighted by molar-refractivity contribution is 6.44. The number of rotatable bonds is 1. The molecular formula is C21H25ClF2O5. The molecule has 0 unspecified atom stereocenters. The van der Waals surface area contributed by atoms with Crippen molar-refractivity contribution in [1.29, 1.82) is 0 Å². The molecule has 0 aromatic carbocycles. The Labute approximate surface area is 172 Å². The highest BCUT2D eigenvalue weighted by Gasteiger charge is 2.77. The summed E-state index contributed by atoms with van der Waals surface area (Å²) in [5.41, 5.74) is -7.52. The number of carbonyl (C=O) groups is 2. The van der Waals surface area contributed by atoms with Gasteiger partial charge in [0.25, 0.3) is 0 Å². The molecule has 0 bridgehead atoms. The van der Waals surface area contributed by atoms with Crippen molar-refractivity contribution in [1.82, 2.24) is 0 Å². The molecule has 0 aliphatic heterocycles. The van der Waals surface area contributed by atoms with Gasteiger partial charge in [-0.05, 0) is 55.7 Å². The Morgan fingerprint density at radius 3 is 2.48 bits per heavy atom. The summed E-state index contributed by atoms with van der Waals surface area (Å²) in [5, 5.41) is 31.7. The van der Waals surface area contributed by atoms with Crippen LogP contribution in [0.2, 0.25) is 0 Å². The Hall–Kier alpha value is -1.31. The lowest BCUT2D eigenvalue weighted by atomic mass is 9.44. The Balaban J connectivity index is 1.90. The SMILES string of the molecule is C[C@@H]1C[C@H]2[C@@H]3C[C@H](F)C4=CC(=O)C(Cl)=C[C@]4(C)[C@@]3(F)[C@@H](O)C[C@]2(C)[C@@]1(O)C(=O)O. The number of ketones is 1. The van der Waals surface area contributed by atoms with Crippen LogP contribution in [0, 0.1) is 28.6 Å². The fraction of sp³-hybridized carbons (Fsp3) is 0.714. The van der Waals surface area contributed by atoms with Crippen molar-refractivity contribution in [2.24, 2.45) is 28.6 Å². The van der Waals surface area contributed by atoms with Crippen molar-refractivity contribution in [3.8, 4) is 0 Å². The predicted octanol–water partition coefficient (Wildman–Crippen LogP) is 2.93. The fourth-order valence-corrected chi connectivity index (χ4v) is 7.32. The third-order valence-electron chi connectivity index (χ3n) is 8.59. The Morgan fingerprint density at radius 1 is 1.28 bits per heavy atom. The lowest BCUT2D eigenvalue weighted by Crippen LogP contribution is -2.70. The minimum absolute atomic E-state index is 0.0483.